The third-order valence-electron chi connectivity index (χ3n) is 2.10. The van der Waals surface area contributed by atoms with Crippen molar-refractivity contribution in [2.75, 3.05) is 5.33 Å². The SMILES string of the molecule is C[C@@H]1OC(CBr)[C@@H](O)[C@H](O)C1O. The van der Waals surface area contributed by atoms with Crippen molar-refractivity contribution < 1.29 is 20.1 Å². The first kappa shape index (κ1) is 10.4. The van der Waals surface area contributed by atoms with Gasteiger partial charge in [0.15, 0.2) is 0 Å². The molecule has 1 saturated heterocycles. The lowest BCUT2D eigenvalue weighted by Gasteiger charge is -2.38. The van der Waals surface area contributed by atoms with Gasteiger partial charge < -0.3 is 20.1 Å². The molecule has 0 radical (unpaired) electrons. The Labute approximate surface area is 79.3 Å². The molecule has 1 heterocycles. The Hall–Kier alpha value is 0.320. The van der Waals surface area contributed by atoms with Crippen molar-refractivity contribution in [3.63, 3.8) is 0 Å². The van der Waals surface area contributed by atoms with Gasteiger partial charge >= 0.3 is 0 Å². The molecule has 0 aromatic carbocycles. The highest BCUT2D eigenvalue weighted by Gasteiger charge is 2.40. The van der Waals surface area contributed by atoms with Gasteiger partial charge in [-0.15, -0.1) is 0 Å². The predicted molar refractivity (Wildman–Crippen MR) is 46.1 cm³/mol. The van der Waals surface area contributed by atoms with E-state index in [2.05, 4.69) is 15.9 Å². The van der Waals surface area contributed by atoms with Crippen LogP contribution >= 0.6 is 15.9 Å². The van der Waals surface area contributed by atoms with Crippen molar-refractivity contribution in [3.8, 4) is 0 Å². The second-order valence-corrected chi connectivity index (χ2v) is 3.65. The van der Waals surface area contributed by atoms with Crippen LogP contribution in [0, 0.1) is 0 Å². The van der Waals surface area contributed by atoms with E-state index in [1.54, 1.807) is 6.92 Å². The molecule has 0 aromatic heterocycles. The zero-order valence-corrected chi connectivity index (χ0v) is 8.31. The summed E-state index contributed by atoms with van der Waals surface area (Å²) in [4.78, 5) is 0. The lowest BCUT2D eigenvalue weighted by molar-refractivity contribution is -0.210. The highest BCUT2D eigenvalue weighted by atomic mass is 79.9. The number of alkyl halides is 1. The van der Waals surface area contributed by atoms with Gasteiger partial charge in [-0.05, 0) is 6.92 Å². The second-order valence-electron chi connectivity index (χ2n) is 3.01. The lowest BCUT2D eigenvalue weighted by atomic mass is 9.97. The summed E-state index contributed by atoms with van der Waals surface area (Å²) in [5.41, 5.74) is 0. The molecule has 1 rings (SSSR count). The van der Waals surface area contributed by atoms with E-state index in [4.69, 9.17) is 4.74 Å². The van der Waals surface area contributed by atoms with Crippen LogP contribution in [-0.2, 0) is 4.74 Å². The monoisotopic (exact) mass is 240 g/mol. The van der Waals surface area contributed by atoms with Crippen molar-refractivity contribution in [2.45, 2.75) is 37.4 Å². The molecule has 0 amide bonds. The minimum atomic E-state index is -1.11. The van der Waals surface area contributed by atoms with E-state index in [1.165, 1.54) is 0 Å². The van der Waals surface area contributed by atoms with Crippen LogP contribution in [0.1, 0.15) is 6.92 Å². The number of rotatable bonds is 1. The first-order chi connectivity index (χ1) is 5.57. The molecule has 12 heavy (non-hydrogen) atoms. The molecular formula is C7H13BrO4. The van der Waals surface area contributed by atoms with Gasteiger partial charge in [0.1, 0.15) is 18.3 Å². The average Bonchev–Trinajstić information content (AvgIpc) is 2.08. The molecule has 0 aromatic rings. The zero-order valence-electron chi connectivity index (χ0n) is 6.72. The van der Waals surface area contributed by atoms with E-state index in [9.17, 15) is 15.3 Å². The number of hydrogen-bond acceptors (Lipinski definition) is 4. The molecule has 1 aliphatic heterocycles. The quantitative estimate of drug-likeness (QED) is 0.528. The smallest absolute Gasteiger partial charge is 0.111 e. The van der Waals surface area contributed by atoms with Gasteiger partial charge in [0.25, 0.3) is 0 Å². The molecule has 0 spiro atoms. The minimum absolute atomic E-state index is 0.439. The number of ether oxygens (including phenoxy) is 1. The van der Waals surface area contributed by atoms with Crippen molar-refractivity contribution in [2.24, 2.45) is 0 Å². The Kier molecular flexibility index (Phi) is 3.48. The molecule has 5 atom stereocenters. The van der Waals surface area contributed by atoms with Crippen LogP contribution in [0.15, 0.2) is 0 Å². The van der Waals surface area contributed by atoms with E-state index in [-0.39, 0.29) is 0 Å². The highest BCUT2D eigenvalue weighted by molar-refractivity contribution is 9.09. The number of aliphatic hydroxyl groups is 3. The normalized spacial score (nSPS) is 49.2. The number of aliphatic hydroxyl groups excluding tert-OH is 3. The summed E-state index contributed by atoms with van der Waals surface area (Å²) in [6.45, 7) is 1.66. The van der Waals surface area contributed by atoms with Gasteiger partial charge in [0, 0.05) is 5.33 Å². The number of hydrogen-bond donors (Lipinski definition) is 3. The van der Waals surface area contributed by atoms with Gasteiger partial charge in [-0.1, -0.05) is 15.9 Å². The Balaban J connectivity index is 2.63. The topological polar surface area (TPSA) is 69.9 Å². The van der Waals surface area contributed by atoms with Crippen LogP contribution in [-0.4, -0.2) is 51.2 Å². The summed E-state index contributed by atoms with van der Waals surface area (Å²) in [5, 5.41) is 28.4. The maximum Gasteiger partial charge on any atom is 0.111 e. The van der Waals surface area contributed by atoms with Gasteiger partial charge in [-0.3, -0.25) is 0 Å². The Bertz CT molecular complexity index is 150. The van der Waals surface area contributed by atoms with Crippen molar-refractivity contribution in [1.29, 1.82) is 0 Å². The Morgan fingerprint density at radius 3 is 2.25 bits per heavy atom. The predicted octanol–water partition coefficient (Wildman–Crippen LogP) is -0.749. The summed E-state index contributed by atoms with van der Waals surface area (Å²) in [6, 6.07) is 0. The van der Waals surface area contributed by atoms with Crippen molar-refractivity contribution >= 4 is 15.9 Å². The molecule has 4 nitrogen and oxygen atoms in total. The van der Waals surface area contributed by atoms with Crippen LogP contribution in [0.3, 0.4) is 0 Å². The molecule has 0 aliphatic carbocycles. The Morgan fingerprint density at radius 1 is 1.17 bits per heavy atom. The fourth-order valence-corrected chi connectivity index (χ4v) is 1.80. The van der Waals surface area contributed by atoms with Crippen molar-refractivity contribution in [3.05, 3.63) is 0 Å². The zero-order chi connectivity index (χ0) is 9.30. The van der Waals surface area contributed by atoms with Crippen LogP contribution in [0.25, 0.3) is 0 Å². The van der Waals surface area contributed by atoms with Crippen molar-refractivity contribution in [1.82, 2.24) is 0 Å². The average molecular weight is 241 g/mol. The maximum atomic E-state index is 9.36. The summed E-state index contributed by atoms with van der Waals surface area (Å²) < 4.78 is 5.22. The molecule has 0 saturated carbocycles. The molecule has 0 bridgehead atoms. The molecular weight excluding hydrogens is 228 g/mol. The summed E-state index contributed by atoms with van der Waals surface area (Å²) in [5.74, 6) is 0. The van der Waals surface area contributed by atoms with E-state index >= 15 is 0 Å². The third kappa shape index (κ3) is 1.80. The summed E-state index contributed by atoms with van der Waals surface area (Å²) in [7, 11) is 0. The van der Waals surface area contributed by atoms with Crippen LogP contribution in [0.4, 0.5) is 0 Å². The first-order valence-corrected chi connectivity index (χ1v) is 4.95. The molecule has 3 N–H and O–H groups in total. The molecule has 2 unspecified atom stereocenters. The standard InChI is InChI=1S/C7H13BrO4/c1-3-5(9)7(11)6(10)4(2-8)12-3/h3-7,9-11H,2H2,1H3/t3-,4?,5?,6+,7+/m0/s1. The fraction of sp³-hybridized carbons (Fsp3) is 1.00. The fourth-order valence-electron chi connectivity index (χ4n) is 1.26. The van der Waals surface area contributed by atoms with Gasteiger partial charge in [-0.25, -0.2) is 0 Å². The third-order valence-corrected chi connectivity index (χ3v) is 2.74. The minimum Gasteiger partial charge on any atom is -0.388 e. The number of halogens is 1. The van der Waals surface area contributed by atoms with E-state index in [0.717, 1.165) is 0 Å². The van der Waals surface area contributed by atoms with E-state index in [1.807, 2.05) is 0 Å². The molecule has 1 aliphatic rings. The van der Waals surface area contributed by atoms with Gasteiger partial charge in [0.2, 0.25) is 0 Å². The van der Waals surface area contributed by atoms with Gasteiger partial charge in [0.05, 0.1) is 12.2 Å². The molecule has 72 valence electrons. The first-order valence-electron chi connectivity index (χ1n) is 3.83. The van der Waals surface area contributed by atoms with Gasteiger partial charge in [-0.2, -0.15) is 0 Å². The lowest BCUT2D eigenvalue weighted by Crippen LogP contribution is -2.57. The van der Waals surface area contributed by atoms with Crippen LogP contribution in [0.2, 0.25) is 0 Å². The largest absolute Gasteiger partial charge is 0.388 e. The van der Waals surface area contributed by atoms with Crippen LogP contribution < -0.4 is 0 Å². The maximum absolute atomic E-state index is 9.36. The highest BCUT2D eigenvalue weighted by Crippen LogP contribution is 2.21. The second kappa shape index (κ2) is 4.02. The molecule has 5 heteroatoms. The van der Waals surface area contributed by atoms with E-state index < -0.39 is 30.5 Å². The Morgan fingerprint density at radius 2 is 1.75 bits per heavy atom. The van der Waals surface area contributed by atoms with Crippen LogP contribution in [0.5, 0.6) is 0 Å². The summed E-state index contributed by atoms with van der Waals surface area (Å²) in [6.07, 6.45) is -4.02. The van der Waals surface area contributed by atoms with E-state index in [0.29, 0.717) is 5.33 Å². The molecule has 1 fully saturated rings. The summed E-state index contributed by atoms with van der Waals surface area (Å²) >= 11 is 3.15.